The van der Waals surface area contributed by atoms with Crippen LogP contribution in [-0.2, 0) is 4.74 Å². The van der Waals surface area contributed by atoms with Crippen LogP contribution in [0.15, 0.2) is 29.8 Å². The molecule has 3 aromatic rings. The Morgan fingerprint density at radius 2 is 2.07 bits per heavy atom. The van der Waals surface area contributed by atoms with Crippen LogP contribution >= 0.6 is 11.3 Å². The number of carbonyl (C=O) groups is 1. The number of nitrogens with zero attached hydrogens (tertiary/aromatic N) is 2. The minimum Gasteiger partial charge on any atom is -0.372 e. The van der Waals surface area contributed by atoms with Crippen LogP contribution in [0.4, 0.5) is 14.5 Å². The van der Waals surface area contributed by atoms with Crippen LogP contribution in [0.5, 0.6) is 0 Å². The maximum atomic E-state index is 14.0. The molecule has 4 rings (SSSR count). The van der Waals surface area contributed by atoms with E-state index >= 15 is 0 Å². The summed E-state index contributed by atoms with van der Waals surface area (Å²) < 4.78 is 33.8. The average Bonchev–Trinajstić information content (AvgIpc) is 3.29. The zero-order chi connectivity index (χ0) is 20.4. The molecule has 0 spiro atoms. The second-order valence-electron chi connectivity index (χ2n) is 6.77. The molecule has 0 radical (unpaired) electrons. The first-order chi connectivity index (χ1) is 14.0. The van der Waals surface area contributed by atoms with Crippen LogP contribution in [0, 0.1) is 11.6 Å². The Kier molecular flexibility index (Phi) is 5.65. The standard InChI is InChI=1S/C19H19F2N5O2S/c20-11-2-1-3-12(21)16(11)19-25-14(9-29-19)18(27)24-13-8-23-26-17(13)15-5-4-10(22)6-7-28-15/h1-3,8-10,15H,4-7,22H2,(H,23,26)(H,24,27)/t10-,15+/m1/s1. The van der Waals surface area contributed by atoms with Gasteiger partial charge < -0.3 is 15.8 Å². The van der Waals surface area contributed by atoms with E-state index in [1.54, 1.807) is 0 Å². The van der Waals surface area contributed by atoms with Gasteiger partial charge in [-0.3, -0.25) is 9.89 Å². The van der Waals surface area contributed by atoms with E-state index in [-0.39, 0.29) is 28.4 Å². The Morgan fingerprint density at radius 1 is 1.28 bits per heavy atom. The number of aromatic nitrogens is 3. The van der Waals surface area contributed by atoms with Gasteiger partial charge >= 0.3 is 0 Å². The maximum Gasteiger partial charge on any atom is 0.275 e. The second kappa shape index (κ2) is 8.36. The van der Waals surface area contributed by atoms with Crippen LogP contribution in [0.3, 0.4) is 0 Å². The largest absolute Gasteiger partial charge is 0.372 e. The lowest BCUT2D eigenvalue weighted by Crippen LogP contribution is -2.19. The first-order valence-corrected chi connectivity index (χ1v) is 10.0. The Balaban J connectivity index is 1.51. The van der Waals surface area contributed by atoms with Crippen molar-refractivity contribution < 1.29 is 18.3 Å². The number of H-pyrrole nitrogens is 1. The van der Waals surface area contributed by atoms with Crippen molar-refractivity contribution >= 4 is 22.9 Å². The summed E-state index contributed by atoms with van der Waals surface area (Å²) in [6.07, 6.45) is 3.53. The quantitative estimate of drug-likeness (QED) is 0.599. The van der Waals surface area contributed by atoms with E-state index < -0.39 is 17.5 Å². The number of hydrogen-bond acceptors (Lipinski definition) is 6. The van der Waals surface area contributed by atoms with Gasteiger partial charge in [0.15, 0.2) is 0 Å². The fourth-order valence-electron chi connectivity index (χ4n) is 3.20. The highest BCUT2D eigenvalue weighted by atomic mass is 32.1. The molecule has 1 aromatic carbocycles. The van der Waals surface area contributed by atoms with Crippen molar-refractivity contribution in [3.8, 4) is 10.6 Å². The number of hydrogen-bond donors (Lipinski definition) is 3. The summed E-state index contributed by atoms with van der Waals surface area (Å²) in [6.45, 7) is 0.530. The molecule has 1 fully saturated rings. The summed E-state index contributed by atoms with van der Waals surface area (Å²) in [5.41, 5.74) is 6.92. The molecule has 0 unspecified atom stereocenters. The van der Waals surface area contributed by atoms with Gasteiger partial charge in [0.1, 0.15) is 28.4 Å². The molecule has 1 amide bonds. The number of aromatic amines is 1. The normalized spacial score (nSPS) is 19.7. The molecule has 0 bridgehead atoms. The van der Waals surface area contributed by atoms with Gasteiger partial charge in [-0.05, 0) is 31.4 Å². The van der Waals surface area contributed by atoms with Gasteiger partial charge in [0, 0.05) is 18.0 Å². The third-order valence-corrected chi connectivity index (χ3v) is 5.62. The van der Waals surface area contributed by atoms with Gasteiger partial charge in [0.2, 0.25) is 0 Å². The summed E-state index contributed by atoms with van der Waals surface area (Å²) >= 11 is 0.993. The zero-order valence-electron chi connectivity index (χ0n) is 15.3. The number of rotatable bonds is 4. The smallest absolute Gasteiger partial charge is 0.275 e. The predicted molar refractivity (Wildman–Crippen MR) is 105 cm³/mol. The van der Waals surface area contributed by atoms with Crippen molar-refractivity contribution in [3.05, 3.63) is 52.8 Å². The molecule has 10 heteroatoms. The number of thiazole rings is 1. The van der Waals surface area contributed by atoms with Crippen molar-refractivity contribution in [2.75, 3.05) is 11.9 Å². The third kappa shape index (κ3) is 4.19. The summed E-state index contributed by atoms with van der Waals surface area (Å²) in [5.74, 6) is -1.96. The molecule has 1 aliphatic rings. The number of anilines is 1. The van der Waals surface area contributed by atoms with Crippen LogP contribution in [-0.4, -0.2) is 33.7 Å². The van der Waals surface area contributed by atoms with Crippen molar-refractivity contribution in [1.29, 1.82) is 0 Å². The molecule has 1 aliphatic heterocycles. The Bertz CT molecular complexity index is 1000. The van der Waals surface area contributed by atoms with Gasteiger partial charge in [0.05, 0.1) is 23.1 Å². The fourth-order valence-corrected chi connectivity index (χ4v) is 4.05. The molecule has 2 aromatic heterocycles. The average molecular weight is 419 g/mol. The van der Waals surface area contributed by atoms with Gasteiger partial charge in [-0.2, -0.15) is 5.10 Å². The van der Waals surface area contributed by atoms with Gasteiger partial charge in [0.25, 0.3) is 5.91 Å². The first kappa shape index (κ1) is 19.6. The summed E-state index contributed by atoms with van der Waals surface area (Å²) in [5, 5.41) is 11.2. The Hall–Kier alpha value is -2.69. The monoisotopic (exact) mass is 419 g/mol. The summed E-state index contributed by atoms with van der Waals surface area (Å²) in [4.78, 5) is 16.7. The lowest BCUT2D eigenvalue weighted by atomic mass is 10.1. The first-order valence-electron chi connectivity index (χ1n) is 9.14. The highest BCUT2D eigenvalue weighted by Crippen LogP contribution is 2.32. The molecule has 0 aliphatic carbocycles. The molecule has 1 saturated heterocycles. The topological polar surface area (TPSA) is 106 Å². The van der Waals surface area contributed by atoms with Crippen LogP contribution in [0.2, 0.25) is 0 Å². The lowest BCUT2D eigenvalue weighted by molar-refractivity contribution is 0.0555. The molecule has 4 N–H and O–H groups in total. The Morgan fingerprint density at radius 3 is 2.86 bits per heavy atom. The molecule has 152 valence electrons. The highest BCUT2D eigenvalue weighted by Gasteiger charge is 2.24. The number of nitrogens with two attached hydrogens (primary N) is 1. The summed E-state index contributed by atoms with van der Waals surface area (Å²) in [7, 11) is 0. The van der Waals surface area contributed by atoms with Crippen molar-refractivity contribution in [3.63, 3.8) is 0 Å². The number of halogens is 2. The molecule has 7 nitrogen and oxygen atoms in total. The van der Waals surface area contributed by atoms with E-state index in [2.05, 4.69) is 20.5 Å². The Labute approximate surface area is 169 Å². The lowest BCUT2D eigenvalue weighted by Gasteiger charge is -2.15. The van der Waals surface area contributed by atoms with E-state index in [1.165, 1.54) is 17.6 Å². The predicted octanol–water partition coefficient (Wildman–Crippen LogP) is 3.63. The van der Waals surface area contributed by atoms with Gasteiger partial charge in [-0.25, -0.2) is 13.8 Å². The van der Waals surface area contributed by atoms with Crippen molar-refractivity contribution in [1.82, 2.24) is 15.2 Å². The third-order valence-electron chi connectivity index (χ3n) is 4.76. The van der Waals surface area contributed by atoms with E-state index in [0.717, 1.165) is 36.3 Å². The second-order valence-corrected chi connectivity index (χ2v) is 7.63. The molecule has 0 saturated carbocycles. The van der Waals surface area contributed by atoms with Crippen LogP contribution in [0.1, 0.15) is 41.5 Å². The number of nitrogens with one attached hydrogen (secondary N) is 2. The van der Waals surface area contributed by atoms with Gasteiger partial charge in [-0.15, -0.1) is 11.3 Å². The number of benzene rings is 1. The molecule has 2 atom stereocenters. The fraction of sp³-hybridized carbons (Fsp3) is 0.316. The number of carbonyl (C=O) groups excluding carboxylic acids is 1. The van der Waals surface area contributed by atoms with Crippen LogP contribution < -0.4 is 11.1 Å². The minimum absolute atomic E-state index is 0.0589. The molecular formula is C19H19F2N5O2S. The zero-order valence-corrected chi connectivity index (χ0v) is 16.1. The molecule has 29 heavy (non-hydrogen) atoms. The maximum absolute atomic E-state index is 14.0. The van der Waals surface area contributed by atoms with E-state index in [1.807, 2.05) is 0 Å². The van der Waals surface area contributed by atoms with Crippen LogP contribution in [0.25, 0.3) is 10.6 Å². The van der Waals surface area contributed by atoms with Gasteiger partial charge in [-0.1, -0.05) is 6.07 Å². The highest BCUT2D eigenvalue weighted by molar-refractivity contribution is 7.13. The van der Waals surface area contributed by atoms with Crippen molar-refractivity contribution in [2.45, 2.75) is 31.4 Å². The van der Waals surface area contributed by atoms with E-state index in [4.69, 9.17) is 10.5 Å². The van der Waals surface area contributed by atoms with Crippen molar-refractivity contribution in [2.24, 2.45) is 5.73 Å². The minimum atomic E-state index is -0.729. The van der Waals surface area contributed by atoms with E-state index in [9.17, 15) is 13.6 Å². The number of ether oxygens (including phenoxy) is 1. The SMILES string of the molecule is N[C@H]1CCO[C@H](c2[nH]ncc2NC(=O)c2csc(-c3c(F)cccc3F)n2)CC1. The molecular weight excluding hydrogens is 400 g/mol. The molecule has 3 heterocycles. The summed E-state index contributed by atoms with van der Waals surface area (Å²) in [6, 6.07) is 3.66. The number of amides is 1. The van der Waals surface area contributed by atoms with E-state index in [0.29, 0.717) is 24.4 Å².